The Hall–Kier alpha value is -4.40. The molecule has 0 radical (unpaired) electrons. The van der Waals surface area contributed by atoms with Gasteiger partial charge in [-0.15, -0.1) is 0 Å². The fraction of sp³-hybridized carbons (Fsp3) is 0.100. The fourth-order valence-corrected chi connectivity index (χ4v) is 3.67. The van der Waals surface area contributed by atoms with E-state index in [0.717, 1.165) is 39.4 Å². The predicted octanol–water partition coefficient (Wildman–Crippen LogP) is 5.25. The third-order valence-corrected chi connectivity index (χ3v) is 5.85. The topological polar surface area (TPSA) is 99.1 Å². The highest BCUT2D eigenvalue weighted by Gasteiger charge is 2.09. The standard InChI is InChI=1S/C30H26O7S/c1-3-28(32)36-19-18-35-25-13-15-27(16-14-25)38-29(33)17-6-22-4-7-23(8-5-22)24-9-11-26(12-10-24)37-30(34)21(2)20-31/h3-17,31H,1-2,18-20H2/b17-6+. The molecule has 0 spiro atoms. The molecule has 3 rings (SSSR count). The van der Waals surface area contributed by atoms with E-state index in [2.05, 4.69) is 13.2 Å². The number of hydrogen-bond donors (Lipinski definition) is 1. The monoisotopic (exact) mass is 530 g/mol. The van der Waals surface area contributed by atoms with Crippen LogP contribution < -0.4 is 9.47 Å². The zero-order chi connectivity index (χ0) is 27.3. The normalized spacial score (nSPS) is 10.6. The van der Waals surface area contributed by atoms with Gasteiger partial charge >= 0.3 is 11.9 Å². The molecule has 8 heteroatoms. The van der Waals surface area contributed by atoms with Crippen molar-refractivity contribution in [3.05, 3.63) is 109 Å². The molecule has 0 saturated carbocycles. The smallest absolute Gasteiger partial charge is 0.341 e. The van der Waals surface area contributed by atoms with Gasteiger partial charge in [0.1, 0.15) is 24.7 Å². The molecule has 0 aliphatic heterocycles. The second kappa shape index (κ2) is 14.4. The Balaban J connectivity index is 1.48. The number of thioether (sulfide) groups is 1. The van der Waals surface area contributed by atoms with Crippen molar-refractivity contribution in [1.82, 2.24) is 0 Å². The molecule has 0 aromatic heterocycles. The molecule has 0 heterocycles. The van der Waals surface area contributed by atoms with Crippen molar-refractivity contribution in [1.29, 1.82) is 0 Å². The summed E-state index contributed by atoms with van der Waals surface area (Å²) in [5.74, 6) is -0.203. The molecule has 1 N–H and O–H groups in total. The average Bonchev–Trinajstić information content (AvgIpc) is 2.95. The summed E-state index contributed by atoms with van der Waals surface area (Å²) in [5, 5.41) is 8.83. The largest absolute Gasteiger partial charge is 0.490 e. The minimum Gasteiger partial charge on any atom is -0.490 e. The van der Waals surface area contributed by atoms with Crippen molar-refractivity contribution < 1.29 is 33.7 Å². The number of aliphatic hydroxyl groups excluding tert-OH is 1. The molecule has 0 amide bonds. The van der Waals surface area contributed by atoms with Crippen molar-refractivity contribution in [2.45, 2.75) is 4.90 Å². The molecule has 7 nitrogen and oxygen atoms in total. The highest BCUT2D eigenvalue weighted by molar-refractivity contribution is 8.14. The third-order valence-electron chi connectivity index (χ3n) is 5.01. The molecule has 0 aliphatic carbocycles. The van der Waals surface area contributed by atoms with Gasteiger partial charge in [-0.1, -0.05) is 55.6 Å². The van der Waals surface area contributed by atoms with Crippen LogP contribution in [0.15, 0.2) is 109 Å². The summed E-state index contributed by atoms with van der Waals surface area (Å²) in [5.41, 5.74) is 2.75. The van der Waals surface area contributed by atoms with Gasteiger partial charge in [0.05, 0.1) is 12.2 Å². The van der Waals surface area contributed by atoms with Gasteiger partial charge in [0, 0.05) is 11.0 Å². The maximum Gasteiger partial charge on any atom is 0.341 e. The Bertz CT molecular complexity index is 1310. The van der Waals surface area contributed by atoms with Crippen molar-refractivity contribution in [3.8, 4) is 22.6 Å². The zero-order valence-electron chi connectivity index (χ0n) is 20.5. The summed E-state index contributed by atoms with van der Waals surface area (Å²) in [6, 6.07) is 21.7. The van der Waals surface area contributed by atoms with Crippen LogP contribution in [0, 0.1) is 0 Å². The molecule has 3 aromatic rings. The Labute approximate surface area is 225 Å². The van der Waals surface area contributed by atoms with E-state index in [1.165, 1.54) is 6.08 Å². The van der Waals surface area contributed by atoms with E-state index >= 15 is 0 Å². The van der Waals surface area contributed by atoms with E-state index in [9.17, 15) is 14.4 Å². The average molecular weight is 531 g/mol. The van der Waals surface area contributed by atoms with Gasteiger partial charge in [0.25, 0.3) is 0 Å². The van der Waals surface area contributed by atoms with E-state index in [1.807, 2.05) is 36.4 Å². The van der Waals surface area contributed by atoms with Crippen LogP contribution in [0.2, 0.25) is 0 Å². The van der Waals surface area contributed by atoms with Crippen molar-refractivity contribution in [2.75, 3.05) is 19.8 Å². The number of hydrogen-bond acceptors (Lipinski definition) is 8. The number of aliphatic hydroxyl groups is 1. The van der Waals surface area contributed by atoms with Gasteiger partial charge in [0.15, 0.2) is 0 Å². The molecule has 3 aromatic carbocycles. The number of rotatable bonds is 12. The molecule has 0 bridgehead atoms. The molecule has 0 saturated heterocycles. The number of ether oxygens (including phenoxy) is 3. The lowest BCUT2D eigenvalue weighted by Crippen LogP contribution is -2.12. The Kier molecular flexibility index (Phi) is 10.7. The van der Waals surface area contributed by atoms with Crippen LogP contribution in [-0.2, 0) is 19.1 Å². The SMILES string of the molecule is C=CC(=O)OCCOc1ccc(SC(=O)/C=C/c2ccc(-c3ccc(OC(=O)C(=C)CO)cc3)cc2)cc1. The lowest BCUT2D eigenvalue weighted by molar-refractivity contribution is -0.138. The van der Waals surface area contributed by atoms with Crippen LogP contribution >= 0.6 is 11.8 Å². The number of carbonyl (C=O) groups excluding carboxylic acids is 3. The van der Waals surface area contributed by atoms with E-state index < -0.39 is 18.5 Å². The van der Waals surface area contributed by atoms with Crippen molar-refractivity contribution >= 4 is 34.9 Å². The van der Waals surface area contributed by atoms with E-state index in [1.54, 1.807) is 42.5 Å². The van der Waals surface area contributed by atoms with Gasteiger partial charge < -0.3 is 19.3 Å². The summed E-state index contributed by atoms with van der Waals surface area (Å²) >= 11 is 1.10. The molecule has 38 heavy (non-hydrogen) atoms. The van der Waals surface area contributed by atoms with Crippen LogP contribution in [0.1, 0.15) is 5.56 Å². The highest BCUT2D eigenvalue weighted by atomic mass is 32.2. The first-order chi connectivity index (χ1) is 18.4. The van der Waals surface area contributed by atoms with Gasteiger partial charge in [0.2, 0.25) is 5.12 Å². The van der Waals surface area contributed by atoms with Crippen LogP contribution in [0.5, 0.6) is 11.5 Å². The first-order valence-electron chi connectivity index (χ1n) is 11.5. The molecule has 0 aliphatic rings. The highest BCUT2D eigenvalue weighted by Crippen LogP contribution is 2.25. The van der Waals surface area contributed by atoms with Crippen molar-refractivity contribution in [2.24, 2.45) is 0 Å². The number of benzene rings is 3. The van der Waals surface area contributed by atoms with E-state index in [4.69, 9.17) is 19.3 Å². The summed E-state index contributed by atoms with van der Waals surface area (Å²) in [7, 11) is 0. The quantitative estimate of drug-likeness (QED) is 0.112. The van der Waals surface area contributed by atoms with Gasteiger partial charge in [-0.05, 0) is 70.9 Å². The van der Waals surface area contributed by atoms with Crippen LogP contribution in [0.4, 0.5) is 0 Å². The van der Waals surface area contributed by atoms with Crippen molar-refractivity contribution in [3.63, 3.8) is 0 Å². The Morgan fingerprint density at radius 1 is 0.842 bits per heavy atom. The Morgan fingerprint density at radius 3 is 2.05 bits per heavy atom. The first kappa shape index (κ1) is 28.2. The molecule has 194 valence electrons. The van der Waals surface area contributed by atoms with Crippen LogP contribution in [-0.4, -0.2) is 42.0 Å². The Morgan fingerprint density at radius 2 is 1.45 bits per heavy atom. The summed E-state index contributed by atoms with van der Waals surface area (Å²) in [6.07, 6.45) is 4.36. The van der Waals surface area contributed by atoms with E-state index in [-0.39, 0.29) is 23.9 Å². The molecule has 0 atom stereocenters. The lowest BCUT2D eigenvalue weighted by Gasteiger charge is -2.07. The van der Waals surface area contributed by atoms with Gasteiger partial charge in [-0.3, -0.25) is 4.79 Å². The molecular formula is C30H26O7S. The summed E-state index contributed by atoms with van der Waals surface area (Å²) in [4.78, 5) is 35.8. The van der Waals surface area contributed by atoms with Gasteiger partial charge in [-0.25, -0.2) is 9.59 Å². The maximum atomic E-state index is 12.4. The first-order valence-corrected chi connectivity index (χ1v) is 12.3. The minimum absolute atomic E-state index is 0.0143. The van der Waals surface area contributed by atoms with Crippen LogP contribution in [0.25, 0.3) is 17.2 Å². The van der Waals surface area contributed by atoms with Gasteiger partial charge in [-0.2, -0.15) is 0 Å². The molecular weight excluding hydrogens is 504 g/mol. The predicted molar refractivity (Wildman–Crippen MR) is 147 cm³/mol. The minimum atomic E-state index is -0.671. The van der Waals surface area contributed by atoms with Crippen LogP contribution in [0.3, 0.4) is 0 Å². The summed E-state index contributed by atoms with van der Waals surface area (Å²) in [6.45, 7) is 6.65. The second-order valence-electron chi connectivity index (χ2n) is 7.74. The molecule has 0 unspecified atom stereocenters. The second-order valence-corrected chi connectivity index (χ2v) is 8.82. The fourth-order valence-electron chi connectivity index (χ4n) is 3.02. The number of esters is 2. The zero-order valence-corrected chi connectivity index (χ0v) is 21.3. The summed E-state index contributed by atoms with van der Waals surface area (Å²) < 4.78 is 15.5. The number of carbonyl (C=O) groups is 3. The third kappa shape index (κ3) is 8.92. The van der Waals surface area contributed by atoms with E-state index in [0.29, 0.717) is 11.5 Å². The lowest BCUT2D eigenvalue weighted by atomic mass is 10.0. The maximum absolute atomic E-state index is 12.4. The molecule has 0 fully saturated rings.